The molecule has 2 heterocycles. The highest BCUT2D eigenvalue weighted by molar-refractivity contribution is 5.79. The molecule has 8 nitrogen and oxygen atoms in total. The van der Waals surface area contributed by atoms with Crippen LogP contribution in [0.25, 0.3) is 0 Å². The zero-order valence-electron chi connectivity index (χ0n) is 16.4. The van der Waals surface area contributed by atoms with Crippen molar-refractivity contribution in [1.82, 2.24) is 20.3 Å². The van der Waals surface area contributed by atoms with Gasteiger partial charge in [-0.1, -0.05) is 24.5 Å². The average molecular weight is 393 g/mol. The Morgan fingerprint density at radius 2 is 2.04 bits per heavy atom. The van der Waals surface area contributed by atoms with E-state index in [-0.39, 0.29) is 36.7 Å². The van der Waals surface area contributed by atoms with E-state index in [4.69, 9.17) is 4.74 Å². The zero-order chi connectivity index (χ0) is 19.6. The van der Waals surface area contributed by atoms with E-state index >= 15 is 0 Å². The molecule has 3 fully saturated rings. The average Bonchev–Trinajstić information content (AvgIpc) is 3.29. The van der Waals surface area contributed by atoms with Gasteiger partial charge in [-0.2, -0.15) is 0 Å². The molecule has 3 atom stereocenters. The standard InChI is InChI=1S/C20H32N4O4/c25-13-17-16(21-19(26)14-4-3-5-14)7-6-15(28-17)8-11-24-12-18(22-23-24)20(27)9-1-2-10-20/h12,14-17,25,27H,1-11,13H2,(H,21,26)/t15-,16-,17+/m0/s1. The summed E-state index contributed by atoms with van der Waals surface area (Å²) in [6.07, 6.45) is 10.6. The molecule has 1 amide bonds. The number of aromatic nitrogens is 3. The fourth-order valence-corrected chi connectivity index (χ4v) is 4.59. The van der Waals surface area contributed by atoms with Crippen LogP contribution in [0.3, 0.4) is 0 Å². The molecule has 2 aliphatic carbocycles. The van der Waals surface area contributed by atoms with E-state index in [9.17, 15) is 15.0 Å². The lowest BCUT2D eigenvalue weighted by atomic mass is 9.84. The van der Waals surface area contributed by atoms with E-state index in [0.29, 0.717) is 12.2 Å². The first-order valence-corrected chi connectivity index (χ1v) is 10.8. The Kier molecular flexibility index (Phi) is 5.99. The van der Waals surface area contributed by atoms with Crippen LogP contribution in [0.1, 0.15) is 69.9 Å². The summed E-state index contributed by atoms with van der Waals surface area (Å²) in [7, 11) is 0. The first-order valence-electron chi connectivity index (χ1n) is 10.8. The molecule has 1 aromatic heterocycles. The minimum Gasteiger partial charge on any atom is -0.394 e. The molecule has 2 saturated carbocycles. The fourth-order valence-electron chi connectivity index (χ4n) is 4.59. The number of aliphatic hydroxyl groups is 2. The van der Waals surface area contributed by atoms with Gasteiger partial charge in [0.15, 0.2) is 0 Å². The van der Waals surface area contributed by atoms with Crippen molar-refractivity contribution in [3.8, 4) is 0 Å². The van der Waals surface area contributed by atoms with Gasteiger partial charge in [-0.05, 0) is 44.9 Å². The van der Waals surface area contributed by atoms with Crippen molar-refractivity contribution in [1.29, 1.82) is 0 Å². The van der Waals surface area contributed by atoms with Crippen LogP contribution < -0.4 is 5.32 Å². The molecule has 4 rings (SSSR count). The maximum Gasteiger partial charge on any atom is 0.223 e. The van der Waals surface area contributed by atoms with Crippen molar-refractivity contribution in [3.63, 3.8) is 0 Å². The third-order valence-corrected chi connectivity index (χ3v) is 6.73. The van der Waals surface area contributed by atoms with Crippen LogP contribution in [-0.2, 0) is 21.7 Å². The molecule has 28 heavy (non-hydrogen) atoms. The molecule has 0 unspecified atom stereocenters. The monoisotopic (exact) mass is 392 g/mol. The van der Waals surface area contributed by atoms with E-state index in [1.165, 1.54) is 0 Å². The summed E-state index contributed by atoms with van der Waals surface area (Å²) in [5, 5.41) is 31.7. The molecule has 1 aliphatic heterocycles. The Morgan fingerprint density at radius 1 is 1.25 bits per heavy atom. The van der Waals surface area contributed by atoms with Crippen molar-refractivity contribution in [2.24, 2.45) is 5.92 Å². The highest BCUT2D eigenvalue weighted by Gasteiger charge is 2.36. The lowest BCUT2D eigenvalue weighted by molar-refractivity contribution is -0.134. The van der Waals surface area contributed by atoms with Crippen LogP contribution in [0.2, 0.25) is 0 Å². The van der Waals surface area contributed by atoms with Crippen LogP contribution in [0.5, 0.6) is 0 Å². The molecule has 0 bridgehead atoms. The molecule has 1 aromatic rings. The van der Waals surface area contributed by atoms with Gasteiger partial charge < -0.3 is 20.3 Å². The second-order valence-corrected chi connectivity index (χ2v) is 8.69. The quantitative estimate of drug-likeness (QED) is 0.644. The van der Waals surface area contributed by atoms with E-state index < -0.39 is 5.60 Å². The Bertz CT molecular complexity index is 669. The topological polar surface area (TPSA) is 110 Å². The number of aryl methyl sites for hydroxylation is 1. The van der Waals surface area contributed by atoms with Gasteiger partial charge >= 0.3 is 0 Å². The maximum absolute atomic E-state index is 12.2. The smallest absolute Gasteiger partial charge is 0.223 e. The molecule has 1 saturated heterocycles. The molecule has 3 aliphatic rings. The van der Waals surface area contributed by atoms with Crippen LogP contribution in [0, 0.1) is 5.92 Å². The molecule has 3 N–H and O–H groups in total. The second-order valence-electron chi connectivity index (χ2n) is 8.69. The van der Waals surface area contributed by atoms with Gasteiger partial charge in [-0.25, -0.2) is 0 Å². The zero-order valence-corrected chi connectivity index (χ0v) is 16.4. The predicted octanol–water partition coefficient (Wildman–Crippen LogP) is 1.25. The van der Waals surface area contributed by atoms with Gasteiger partial charge in [0.25, 0.3) is 0 Å². The number of carbonyl (C=O) groups is 1. The van der Waals surface area contributed by atoms with Crippen molar-refractivity contribution in [2.45, 2.75) is 94.6 Å². The van der Waals surface area contributed by atoms with E-state index in [2.05, 4.69) is 15.6 Å². The van der Waals surface area contributed by atoms with E-state index in [1.807, 2.05) is 6.20 Å². The summed E-state index contributed by atoms with van der Waals surface area (Å²) >= 11 is 0. The highest BCUT2D eigenvalue weighted by atomic mass is 16.5. The largest absolute Gasteiger partial charge is 0.394 e. The predicted molar refractivity (Wildman–Crippen MR) is 101 cm³/mol. The van der Waals surface area contributed by atoms with Crippen molar-refractivity contribution in [2.75, 3.05) is 6.61 Å². The van der Waals surface area contributed by atoms with Crippen LogP contribution in [0.4, 0.5) is 0 Å². The molecule has 0 radical (unpaired) electrons. The number of hydrogen-bond acceptors (Lipinski definition) is 6. The number of rotatable bonds is 7. The van der Waals surface area contributed by atoms with E-state index in [1.54, 1.807) is 4.68 Å². The minimum absolute atomic E-state index is 0.0243. The number of hydrogen-bond donors (Lipinski definition) is 3. The minimum atomic E-state index is -0.812. The number of nitrogens with one attached hydrogen (secondary N) is 1. The van der Waals surface area contributed by atoms with Gasteiger partial charge in [0.05, 0.1) is 24.9 Å². The fraction of sp³-hybridized carbons (Fsp3) is 0.850. The van der Waals surface area contributed by atoms with Crippen LogP contribution in [-0.4, -0.2) is 56.0 Å². The third-order valence-electron chi connectivity index (χ3n) is 6.73. The molecular formula is C20H32N4O4. The highest BCUT2D eigenvalue weighted by Crippen LogP contribution is 2.37. The van der Waals surface area contributed by atoms with Crippen LogP contribution >= 0.6 is 0 Å². The molecule has 156 valence electrons. The lowest BCUT2D eigenvalue weighted by Crippen LogP contribution is -2.52. The second kappa shape index (κ2) is 8.47. The van der Waals surface area contributed by atoms with Gasteiger partial charge in [-0.15, -0.1) is 5.10 Å². The summed E-state index contributed by atoms with van der Waals surface area (Å²) in [5.41, 5.74) is -0.144. The molecular weight excluding hydrogens is 360 g/mol. The van der Waals surface area contributed by atoms with Gasteiger partial charge in [0.1, 0.15) is 17.4 Å². The van der Waals surface area contributed by atoms with Gasteiger partial charge in [0.2, 0.25) is 5.91 Å². The number of carbonyl (C=O) groups excluding carboxylic acids is 1. The van der Waals surface area contributed by atoms with Gasteiger partial charge in [-0.3, -0.25) is 9.48 Å². The first kappa shape index (κ1) is 19.8. The number of ether oxygens (including phenoxy) is 1. The van der Waals surface area contributed by atoms with Crippen molar-refractivity contribution in [3.05, 3.63) is 11.9 Å². The van der Waals surface area contributed by atoms with Crippen LogP contribution in [0.15, 0.2) is 6.20 Å². The van der Waals surface area contributed by atoms with E-state index in [0.717, 1.165) is 64.2 Å². The summed E-state index contributed by atoms with van der Waals surface area (Å²) in [4.78, 5) is 12.2. The normalized spacial score (nSPS) is 30.1. The Labute approximate surface area is 165 Å². The number of aliphatic hydroxyl groups excluding tert-OH is 1. The Balaban J connectivity index is 1.26. The summed E-state index contributed by atoms with van der Waals surface area (Å²) in [5.74, 6) is 0.255. The molecule has 0 spiro atoms. The van der Waals surface area contributed by atoms with Crippen molar-refractivity contribution < 1.29 is 19.7 Å². The molecule has 8 heteroatoms. The third kappa shape index (κ3) is 4.23. The molecule has 0 aromatic carbocycles. The Hall–Kier alpha value is -1.51. The number of nitrogens with zero attached hydrogens (tertiary/aromatic N) is 3. The first-order chi connectivity index (χ1) is 13.6. The summed E-state index contributed by atoms with van der Waals surface area (Å²) < 4.78 is 7.82. The van der Waals surface area contributed by atoms with Crippen molar-refractivity contribution >= 4 is 5.91 Å². The van der Waals surface area contributed by atoms with Gasteiger partial charge in [0, 0.05) is 12.5 Å². The summed E-state index contributed by atoms with van der Waals surface area (Å²) in [6, 6.07) is -0.107. The Morgan fingerprint density at radius 3 is 2.71 bits per heavy atom. The SMILES string of the molecule is O=C(N[C@H]1CC[C@@H](CCn2cc(C3(O)CCCC3)nn2)O[C@@H]1CO)C1CCC1. The number of amides is 1. The maximum atomic E-state index is 12.2. The lowest BCUT2D eigenvalue weighted by Gasteiger charge is -2.37. The summed E-state index contributed by atoms with van der Waals surface area (Å²) in [6.45, 7) is 0.567.